The molecule has 0 unspecified atom stereocenters. The molecule has 196 valence electrons. The first kappa shape index (κ1) is 28.0. The van der Waals surface area contributed by atoms with Crippen LogP contribution in [0.3, 0.4) is 0 Å². The Kier molecular flexibility index (Phi) is 11.2. The summed E-state index contributed by atoms with van der Waals surface area (Å²) in [6, 6.07) is 25.4. The Morgan fingerprint density at radius 3 is 2.30 bits per heavy atom. The number of hydrogen-bond acceptors (Lipinski definition) is 3. The number of rotatable bonds is 14. The topological polar surface area (TPSA) is 58.6 Å². The molecule has 0 heterocycles. The summed E-state index contributed by atoms with van der Waals surface area (Å²) < 4.78 is 5.84. The van der Waals surface area contributed by atoms with Crippen LogP contribution in [-0.4, -0.2) is 35.9 Å². The molecule has 0 aliphatic rings. The second-order valence-corrected chi connectivity index (χ2v) is 9.63. The zero-order chi connectivity index (χ0) is 26.5. The van der Waals surface area contributed by atoms with Gasteiger partial charge in [0.15, 0.2) is 0 Å². The van der Waals surface area contributed by atoms with Crippen molar-refractivity contribution in [2.75, 3.05) is 13.2 Å². The Hall–Kier alpha value is -3.60. The number of carbonyl (C=O) groups excluding carboxylic acids is 2. The van der Waals surface area contributed by atoms with Crippen molar-refractivity contribution in [2.24, 2.45) is 0 Å². The fourth-order valence-electron chi connectivity index (χ4n) is 4.26. The molecular weight excluding hydrogens is 460 g/mol. The summed E-state index contributed by atoms with van der Waals surface area (Å²) in [5, 5.41) is 3.07. The Morgan fingerprint density at radius 2 is 1.59 bits per heavy atom. The van der Waals surface area contributed by atoms with Gasteiger partial charge in [-0.05, 0) is 49.9 Å². The monoisotopic (exact) mass is 500 g/mol. The smallest absolute Gasteiger partial charge is 0.243 e. The fraction of sp³-hybridized carbons (Fsp3) is 0.375. The molecule has 0 spiro atoms. The standard InChI is InChI=1S/C32H40N2O3/c1-4-5-20-33-32(36)30(23-27-12-7-6-8-13-27)34(24-28-14-9-11-26(3)22-28)31(35)15-10-21-37-29-18-16-25(2)17-19-29/h6-9,11-14,16-19,22,30H,4-5,10,15,20-21,23-24H2,1-3H3,(H,33,36)/t30-/m0/s1. The highest BCUT2D eigenvalue weighted by molar-refractivity contribution is 5.88. The number of hydrogen-bond donors (Lipinski definition) is 1. The number of unbranched alkanes of at least 4 members (excludes halogenated alkanes) is 1. The average Bonchev–Trinajstić information content (AvgIpc) is 2.90. The Morgan fingerprint density at radius 1 is 0.865 bits per heavy atom. The van der Waals surface area contributed by atoms with Crippen molar-refractivity contribution in [3.63, 3.8) is 0 Å². The summed E-state index contributed by atoms with van der Waals surface area (Å²) in [7, 11) is 0. The van der Waals surface area contributed by atoms with Gasteiger partial charge in [0.05, 0.1) is 6.61 Å². The molecular formula is C32H40N2O3. The molecule has 5 heteroatoms. The Bertz CT molecular complexity index is 1110. The van der Waals surface area contributed by atoms with E-state index in [9.17, 15) is 9.59 Å². The van der Waals surface area contributed by atoms with Gasteiger partial charge in [-0.1, -0.05) is 91.2 Å². The van der Waals surface area contributed by atoms with Crippen LogP contribution in [0.25, 0.3) is 0 Å². The van der Waals surface area contributed by atoms with Crippen molar-refractivity contribution in [2.45, 2.75) is 65.5 Å². The predicted molar refractivity (Wildman–Crippen MR) is 149 cm³/mol. The van der Waals surface area contributed by atoms with Gasteiger partial charge in [-0.3, -0.25) is 9.59 Å². The minimum absolute atomic E-state index is 0.0411. The maximum atomic E-state index is 13.6. The first-order valence-corrected chi connectivity index (χ1v) is 13.3. The van der Waals surface area contributed by atoms with E-state index in [1.165, 1.54) is 5.56 Å². The van der Waals surface area contributed by atoms with Crippen LogP contribution in [0.1, 0.15) is 54.9 Å². The van der Waals surface area contributed by atoms with E-state index >= 15 is 0 Å². The van der Waals surface area contributed by atoms with Crippen LogP contribution >= 0.6 is 0 Å². The number of ether oxygens (including phenoxy) is 1. The van der Waals surface area contributed by atoms with E-state index in [4.69, 9.17) is 4.74 Å². The lowest BCUT2D eigenvalue weighted by atomic mass is 10.0. The molecule has 0 saturated carbocycles. The molecule has 0 fully saturated rings. The molecule has 0 radical (unpaired) electrons. The van der Waals surface area contributed by atoms with E-state index in [0.717, 1.165) is 35.3 Å². The number of aryl methyl sites for hydroxylation is 2. The fourth-order valence-corrected chi connectivity index (χ4v) is 4.26. The van der Waals surface area contributed by atoms with E-state index in [1.54, 1.807) is 4.90 Å². The number of benzene rings is 3. The van der Waals surface area contributed by atoms with Gasteiger partial charge < -0.3 is 15.0 Å². The Labute approximate surface area is 221 Å². The maximum absolute atomic E-state index is 13.6. The summed E-state index contributed by atoms with van der Waals surface area (Å²) in [5.41, 5.74) is 4.35. The SMILES string of the molecule is CCCCNC(=O)[C@H](Cc1ccccc1)N(Cc1cccc(C)c1)C(=O)CCCOc1ccc(C)cc1. The molecule has 1 N–H and O–H groups in total. The predicted octanol–water partition coefficient (Wildman–Crippen LogP) is 6.02. The van der Waals surface area contributed by atoms with Gasteiger partial charge in [-0.15, -0.1) is 0 Å². The van der Waals surface area contributed by atoms with Crippen molar-refractivity contribution < 1.29 is 14.3 Å². The molecule has 3 aromatic carbocycles. The first-order valence-electron chi connectivity index (χ1n) is 13.3. The highest BCUT2D eigenvalue weighted by atomic mass is 16.5. The van der Waals surface area contributed by atoms with Crippen LogP contribution in [-0.2, 0) is 22.6 Å². The van der Waals surface area contributed by atoms with E-state index in [-0.39, 0.29) is 11.8 Å². The molecule has 3 rings (SSSR count). The summed E-state index contributed by atoms with van der Waals surface area (Å²) in [4.78, 5) is 28.8. The third-order valence-electron chi connectivity index (χ3n) is 6.36. The second kappa shape index (κ2) is 14.8. The average molecular weight is 501 g/mol. The number of nitrogens with zero attached hydrogens (tertiary/aromatic N) is 1. The molecule has 1 atom stereocenters. The summed E-state index contributed by atoms with van der Waals surface area (Å²) in [5.74, 6) is 0.654. The first-order chi connectivity index (χ1) is 18.0. The van der Waals surface area contributed by atoms with Gasteiger partial charge in [0, 0.05) is 25.9 Å². The van der Waals surface area contributed by atoms with Crippen molar-refractivity contribution in [1.82, 2.24) is 10.2 Å². The lowest BCUT2D eigenvalue weighted by Crippen LogP contribution is -2.50. The highest BCUT2D eigenvalue weighted by Gasteiger charge is 2.30. The summed E-state index contributed by atoms with van der Waals surface area (Å²) in [6.07, 6.45) is 3.26. The van der Waals surface area contributed by atoms with Crippen LogP contribution in [0.4, 0.5) is 0 Å². The highest BCUT2D eigenvalue weighted by Crippen LogP contribution is 2.18. The second-order valence-electron chi connectivity index (χ2n) is 9.63. The molecule has 0 aliphatic carbocycles. The van der Waals surface area contributed by atoms with Gasteiger partial charge in [-0.25, -0.2) is 0 Å². The van der Waals surface area contributed by atoms with Gasteiger partial charge in [-0.2, -0.15) is 0 Å². The number of amides is 2. The van der Waals surface area contributed by atoms with Gasteiger partial charge in [0.1, 0.15) is 11.8 Å². The number of nitrogens with one attached hydrogen (secondary N) is 1. The van der Waals surface area contributed by atoms with Crippen molar-refractivity contribution in [3.05, 3.63) is 101 Å². The third-order valence-corrected chi connectivity index (χ3v) is 6.36. The zero-order valence-corrected chi connectivity index (χ0v) is 22.4. The minimum Gasteiger partial charge on any atom is -0.494 e. The van der Waals surface area contributed by atoms with E-state index in [1.807, 2.05) is 86.6 Å². The van der Waals surface area contributed by atoms with Gasteiger partial charge in [0.2, 0.25) is 11.8 Å². The van der Waals surface area contributed by atoms with Crippen LogP contribution in [0.5, 0.6) is 5.75 Å². The van der Waals surface area contributed by atoms with Gasteiger partial charge in [0.25, 0.3) is 0 Å². The quantitative estimate of drug-likeness (QED) is 0.275. The lowest BCUT2D eigenvalue weighted by Gasteiger charge is -2.32. The van der Waals surface area contributed by atoms with E-state index < -0.39 is 6.04 Å². The van der Waals surface area contributed by atoms with Crippen molar-refractivity contribution in [1.29, 1.82) is 0 Å². The molecule has 2 amide bonds. The molecule has 0 bridgehead atoms. The summed E-state index contributed by atoms with van der Waals surface area (Å²) >= 11 is 0. The molecule has 0 aliphatic heterocycles. The normalized spacial score (nSPS) is 11.5. The van der Waals surface area contributed by atoms with Crippen LogP contribution in [0.15, 0.2) is 78.9 Å². The van der Waals surface area contributed by atoms with E-state index in [2.05, 4.69) is 18.3 Å². The molecule has 3 aromatic rings. The largest absolute Gasteiger partial charge is 0.494 e. The lowest BCUT2D eigenvalue weighted by molar-refractivity contribution is -0.141. The van der Waals surface area contributed by atoms with Crippen LogP contribution < -0.4 is 10.1 Å². The maximum Gasteiger partial charge on any atom is 0.243 e. The molecule has 5 nitrogen and oxygen atoms in total. The summed E-state index contributed by atoms with van der Waals surface area (Å²) in [6.45, 7) is 7.61. The van der Waals surface area contributed by atoms with E-state index in [0.29, 0.717) is 39.0 Å². The van der Waals surface area contributed by atoms with Gasteiger partial charge >= 0.3 is 0 Å². The van der Waals surface area contributed by atoms with Crippen LogP contribution in [0, 0.1) is 13.8 Å². The van der Waals surface area contributed by atoms with Crippen molar-refractivity contribution >= 4 is 11.8 Å². The zero-order valence-electron chi connectivity index (χ0n) is 22.4. The Balaban J connectivity index is 1.77. The third kappa shape index (κ3) is 9.41. The van der Waals surface area contributed by atoms with Crippen LogP contribution in [0.2, 0.25) is 0 Å². The number of carbonyl (C=O) groups is 2. The minimum atomic E-state index is -0.592. The molecule has 0 saturated heterocycles. The molecule has 0 aromatic heterocycles. The van der Waals surface area contributed by atoms with Crippen molar-refractivity contribution in [3.8, 4) is 5.75 Å². The molecule has 37 heavy (non-hydrogen) atoms.